The summed E-state index contributed by atoms with van der Waals surface area (Å²) in [4.78, 5) is 58.6. The molecule has 0 aliphatic carbocycles. The average Bonchev–Trinajstić information content (AvgIpc) is 3.55. The summed E-state index contributed by atoms with van der Waals surface area (Å²) < 4.78 is 7.00. The van der Waals surface area contributed by atoms with E-state index < -0.39 is 18.0 Å². The van der Waals surface area contributed by atoms with E-state index in [0.717, 1.165) is 5.56 Å². The Hall–Kier alpha value is -5.50. The van der Waals surface area contributed by atoms with Crippen LogP contribution in [0.4, 0.5) is 4.79 Å². The van der Waals surface area contributed by atoms with Gasteiger partial charge in [0.05, 0.1) is 41.0 Å². The first kappa shape index (κ1) is 36.3. The number of methoxy groups -OCH3 is 1. The molecule has 1 saturated heterocycles. The number of nitrogens with zero attached hydrogens (tertiary/aromatic N) is 4. The molecule has 0 saturated carbocycles. The van der Waals surface area contributed by atoms with Crippen molar-refractivity contribution in [1.29, 1.82) is 0 Å². The molecule has 2 atom stereocenters. The number of hydrogen-bond donors (Lipinski definition) is 4. The third kappa shape index (κ3) is 7.57. The highest BCUT2D eigenvalue weighted by atomic mass is 35.5. The second-order valence-electron chi connectivity index (χ2n) is 12.4. The Morgan fingerprint density at radius 3 is 2.40 bits per heavy atom. The zero-order valence-corrected chi connectivity index (χ0v) is 29.7. The minimum absolute atomic E-state index is 0.0157. The van der Waals surface area contributed by atoms with Gasteiger partial charge in [-0.15, -0.1) is 0 Å². The predicted molar refractivity (Wildman–Crippen MR) is 197 cm³/mol. The summed E-state index contributed by atoms with van der Waals surface area (Å²) in [5, 5.41) is 16.4. The van der Waals surface area contributed by atoms with Gasteiger partial charge in [0.25, 0.3) is 5.56 Å². The van der Waals surface area contributed by atoms with Gasteiger partial charge in [0.2, 0.25) is 17.7 Å². The van der Waals surface area contributed by atoms with Crippen molar-refractivity contribution < 1.29 is 24.2 Å². The minimum Gasteiger partial charge on any atom is -0.481 e. The van der Waals surface area contributed by atoms with Crippen molar-refractivity contribution in [3.63, 3.8) is 0 Å². The first-order valence-electron chi connectivity index (χ1n) is 16.4. The van der Waals surface area contributed by atoms with Crippen LogP contribution in [0.15, 0.2) is 77.9 Å². The van der Waals surface area contributed by atoms with Crippen LogP contribution >= 0.6 is 23.2 Å². The molecule has 0 spiro atoms. The van der Waals surface area contributed by atoms with Crippen LogP contribution in [0.2, 0.25) is 10.0 Å². The summed E-state index contributed by atoms with van der Waals surface area (Å²) in [6.07, 6.45) is 2.92. The van der Waals surface area contributed by atoms with Crippen LogP contribution in [-0.4, -0.2) is 68.0 Å². The zero-order valence-electron chi connectivity index (χ0n) is 28.2. The predicted octanol–water partition coefficient (Wildman–Crippen LogP) is 5.13. The van der Waals surface area contributed by atoms with Crippen LogP contribution in [0.1, 0.15) is 30.9 Å². The lowest BCUT2D eigenvalue weighted by atomic mass is 9.97. The van der Waals surface area contributed by atoms with Crippen molar-refractivity contribution in [1.82, 2.24) is 29.9 Å². The smallest absolute Gasteiger partial charge is 0.407 e. The Morgan fingerprint density at radius 1 is 1.06 bits per heavy atom. The van der Waals surface area contributed by atoms with E-state index in [9.17, 15) is 24.3 Å². The first-order chi connectivity index (χ1) is 24.9. The molecule has 5 aromatic rings. The number of aromatic nitrogens is 3. The van der Waals surface area contributed by atoms with E-state index in [2.05, 4.69) is 20.6 Å². The summed E-state index contributed by atoms with van der Waals surface area (Å²) in [5.74, 6) is -0.367. The number of fused-ring (bicyclic) bond motifs is 1. The highest BCUT2D eigenvalue weighted by molar-refractivity contribution is 6.39. The maximum atomic E-state index is 13.1. The lowest BCUT2D eigenvalue weighted by Gasteiger charge is -2.23. The lowest BCUT2D eigenvalue weighted by molar-refractivity contribution is -0.120. The van der Waals surface area contributed by atoms with E-state index in [1.807, 2.05) is 36.4 Å². The standard InChI is InChI=1S/C37H35Cl2N7O6/c1-20(34(40)48)41-16-23-17-42-30-15-21(13-14-46(30)36(23)49)25-5-3-6-26(32(25)38)27-7-4-8-28(33(27)39)29-11-9-22(35(44-29)52-2)18-45(37(50)51)19-24-10-12-31(47)43-24/h3-9,11,13-15,17,20,24,41H,10,12,16,18-19H2,1-2H3,(H2,40,48)(H,43,47)(H,50,51)/t20?,24-/m0/s1. The van der Waals surface area contributed by atoms with Crippen LogP contribution < -0.4 is 26.7 Å². The molecule has 0 bridgehead atoms. The number of primary amides is 1. The Morgan fingerprint density at radius 2 is 1.75 bits per heavy atom. The Balaban J connectivity index is 1.28. The number of nitrogens with one attached hydrogen (secondary N) is 2. The normalized spacial score (nSPS) is 14.6. The number of benzene rings is 2. The number of ether oxygens (including phenoxy) is 1. The van der Waals surface area contributed by atoms with E-state index in [1.165, 1.54) is 22.6 Å². The van der Waals surface area contributed by atoms with Gasteiger partial charge in [-0.05, 0) is 43.2 Å². The van der Waals surface area contributed by atoms with Gasteiger partial charge in [-0.25, -0.2) is 14.8 Å². The van der Waals surface area contributed by atoms with E-state index in [1.54, 1.807) is 37.4 Å². The highest BCUT2D eigenvalue weighted by Crippen LogP contribution is 2.42. The molecule has 3 amide bonds. The summed E-state index contributed by atoms with van der Waals surface area (Å²) in [5.41, 5.74) is 10.3. The van der Waals surface area contributed by atoms with E-state index >= 15 is 0 Å². The highest BCUT2D eigenvalue weighted by Gasteiger charge is 2.26. The third-order valence-electron chi connectivity index (χ3n) is 8.97. The van der Waals surface area contributed by atoms with Gasteiger partial charge >= 0.3 is 6.09 Å². The number of hydrogen-bond acceptors (Lipinski definition) is 8. The minimum atomic E-state index is -1.12. The molecule has 15 heteroatoms. The number of carbonyl (C=O) groups excluding carboxylic acids is 2. The van der Waals surface area contributed by atoms with Gasteiger partial charge in [-0.1, -0.05) is 59.6 Å². The van der Waals surface area contributed by atoms with Crippen LogP contribution in [0.25, 0.3) is 39.2 Å². The molecular weight excluding hydrogens is 709 g/mol. The van der Waals surface area contributed by atoms with Crippen molar-refractivity contribution in [2.24, 2.45) is 5.73 Å². The van der Waals surface area contributed by atoms with Gasteiger partial charge in [-0.3, -0.25) is 18.8 Å². The third-order valence-corrected chi connectivity index (χ3v) is 9.79. The maximum absolute atomic E-state index is 13.1. The number of halogens is 2. The van der Waals surface area contributed by atoms with Crippen molar-refractivity contribution in [3.8, 4) is 39.4 Å². The van der Waals surface area contributed by atoms with Crippen LogP contribution in [-0.2, 0) is 22.7 Å². The van der Waals surface area contributed by atoms with Crippen molar-refractivity contribution in [2.45, 2.75) is 44.9 Å². The zero-order chi connectivity index (χ0) is 37.1. The number of nitrogens with two attached hydrogens (primary N) is 1. The molecule has 52 heavy (non-hydrogen) atoms. The summed E-state index contributed by atoms with van der Waals surface area (Å²) in [6.45, 7) is 1.91. The SMILES string of the molecule is COc1nc(-c2cccc(-c3cccc(-c4ccn5c(=O)c(CNC(C)C(N)=O)cnc5c4)c3Cl)c2Cl)ccc1CN(C[C@@H]1CCC(=O)N1)C(=O)O. The summed E-state index contributed by atoms with van der Waals surface area (Å²) in [7, 11) is 1.46. The van der Waals surface area contributed by atoms with E-state index in [-0.39, 0.29) is 43.0 Å². The van der Waals surface area contributed by atoms with Crippen molar-refractivity contribution >= 4 is 46.8 Å². The molecule has 268 valence electrons. The van der Waals surface area contributed by atoms with Crippen LogP contribution in [0, 0.1) is 0 Å². The molecule has 3 aromatic heterocycles. The maximum Gasteiger partial charge on any atom is 0.407 e. The molecule has 1 unspecified atom stereocenters. The summed E-state index contributed by atoms with van der Waals surface area (Å²) in [6, 6.07) is 17.3. The Labute approximate surface area is 308 Å². The Bertz CT molecular complexity index is 2260. The van der Waals surface area contributed by atoms with E-state index in [0.29, 0.717) is 67.6 Å². The lowest BCUT2D eigenvalue weighted by Crippen LogP contribution is -2.41. The largest absolute Gasteiger partial charge is 0.481 e. The molecule has 1 aliphatic heterocycles. The molecule has 1 fully saturated rings. The first-order valence-corrected chi connectivity index (χ1v) is 17.1. The van der Waals surface area contributed by atoms with Crippen LogP contribution in [0.5, 0.6) is 5.88 Å². The molecular formula is C37H35Cl2N7O6. The molecule has 0 radical (unpaired) electrons. The molecule has 1 aliphatic rings. The Kier molecular flexibility index (Phi) is 10.7. The van der Waals surface area contributed by atoms with Gasteiger partial charge in [0.15, 0.2) is 0 Å². The number of carbonyl (C=O) groups is 3. The number of amides is 3. The molecule has 6 rings (SSSR count). The van der Waals surface area contributed by atoms with Crippen molar-refractivity contribution in [2.75, 3.05) is 13.7 Å². The van der Waals surface area contributed by atoms with Gasteiger partial charge in [0, 0.05) is 65.8 Å². The summed E-state index contributed by atoms with van der Waals surface area (Å²) >= 11 is 14.1. The second kappa shape index (κ2) is 15.4. The van der Waals surface area contributed by atoms with Gasteiger partial charge in [0.1, 0.15) is 5.65 Å². The fourth-order valence-electron chi connectivity index (χ4n) is 6.08. The topological polar surface area (TPSA) is 181 Å². The molecule has 13 nitrogen and oxygen atoms in total. The number of pyridine rings is 2. The van der Waals surface area contributed by atoms with Crippen molar-refractivity contribution in [3.05, 3.63) is 105 Å². The fraction of sp³-hybridized carbons (Fsp3) is 0.243. The molecule has 5 N–H and O–H groups in total. The van der Waals surface area contributed by atoms with Crippen LogP contribution in [0.3, 0.4) is 0 Å². The number of carboxylic acid groups (broad SMARTS) is 1. The average molecular weight is 745 g/mol. The molecule has 4 heterocycles. The van der Waals surface area contributed by atoms with E-state index in [4.69, 9.17) is 33.7 Å². The van der Waals surface area contributed by atoms with Gasteiger partial charge in [-0.2, -0.15) is 0 Å². The van der Waals surface area contributed by atoms with Gasteiger partial charge < -0.3 is 31.1 Å². The quantitative estimate of drug-likeness (QED) is 0.135. The molecule has 2 aromatic carbocycles. The second-order valence-corrected chi connectivity index (χ2v) is 13.2. The monoisotopic (exact) mass is 743 g/mol. The fourth-order valence-corrected chi connectivity index (χ4v) is 6.74. The number of rotatable bonds is 12.